The molecule has 0 spiro atoms. The van der Waals surface area contributed by atoms with Crippen molar-refractivity contribution in [3.63, 3.8) is 0 Å². The standard InChI is InChI=1S/C22H19N3O3S2/c23-20(26)14-30-18-8-4-7-17(12-18)24-22(28)19(11-15-9-10-29-13-15)25-21(27)16-5-2-1-3-6-16/h1-13H,14H2,(H2,23,26)(H,24,28)(H,25,27)/b19-11+. The van der Waals surface area contributed by atoms with Crippen LogP contribution in [0.4, 0.5) is 5.69 Å². The Morgan fingerprint density at radius 1 is 1.03 bits per heavy atom. The van der Waals surface area contributed by atoms with Crippen LogP contribution in [0.3, 0.4) is 0 Å². The number of amides is 3. The number of nitrogens with one attached hydrogen (secondary N) is 2. The Morgan fingerprint density at radius 2 is 1.83 bits per heavy atom. The fourth-order valence-corrected chi connectivity index (χ4v) is 3.79. The van der Waals surface area contributed by atoms with E-state index in [1.54, 1.807) is 48.5 Å². The van der Waals surface area contributed by atoms with E-state index in [-0.39, 0.29) is 17.4 Å². The summed E-state index contributed by atoms with van der Waals surface area (Å²) in [4.78, 5) is 37.3. The summed E-state index contributed by atoms with van der Waals surface area (Å²) < 4.78 is 0. The maximum absolute atomic E-state index is 12.9. The molecule has 152 valence electrons. The molecule has 30 heavy (non-hydrogen) atoms. The van der Waals surface area contributed by atoms with Crippen LogP contribution >= 0.6 is 23.1 Å². The molecule has 0 saturated heterocycles. The summed E-state index contributed by atoms with van der Waals surface area (Å²) in [7, 11) is 0. The molecule has 0 fully saturated rings. The van der Waals surface area contributed by atoms with E-state index in [2.05, 4.69) is 10.6 Å². The van der Waals surface area contributed by atoms with Crippen molar-refractivity contribution >= 4 is 52.6 Å². The van der Waals surface area contributed by atoms with E-state index in [1.165, 1.54) is 23.1 Å². The number of thioether (sulfide) groups is 1. The van der Waals surface area contributed by atoms with Crippen LogP contribution in [0.25, 0.3) is 6.08 Å². The number of anilines is 1. The molecule has 2 aromatic carbocycles. The molecular formula is C22H19N3O3S2. The van der Waals surface area contributed by atoms with Crippen molar-refractivity contribution in [2.75, 3.05) is 11.1 Å². The lowest BCUT2D eigenvalue weighted by Crippen LogP contribution is -2.30. The molecule has 3 aromatic rings. The molecular weight excluding hydrogens is 418 g/mol. The molecule has 6 nitrogen and oxygen atoms in total. The Morgan fingerprint density at radius 3 is 2.53 bits per heavy atom. The van der Waals surface area contributed by atoms with Crippen LogP contribution in [0.2, 0.25) is 0 Å². The number of thiophene rings is 1. The summed E-state index contributed by atoms with van der Waals surface area (Å²) in [6, 6.07) is 17.6. The molecule has 0 radical (unpaired) electrons. The molecule has 0 unspecified atom stereocenters. The molecule has 0 aliphatic rings. The van der Waals surface area contributed by atoms with Gasteiger partial charge in [0.25, 0.3) is 11.8 Å². The van der Waals surface area contributed by atoms with Crippen LogP contribution in [-0.4, -0.2) is 23.5 Å². The molecule has 0 saturated carbocycles. The maximum atomic E-state index is 12.9. The first-order valence-electron chi connectivity index (χ1n) is 8.94. The van der Waals surface area contributed by atoms with Gasteiger partial charge in [-0.05, 0) is 58.8 Å². The zero-order valence-electron chi connectivity index (χ0n) is 15.8. The number of benzene rings is 2. The average molecular weight is 438 g/mol. The molecule has 0 bridgehead atoms. The first-order valence-corrected chi connectivity index (χ1v) is 10.9. The number of carbonyl (C=O) groups excluding carboxylic acids is 3. The minimum atomic E-state index is -0.456. The van der Waals surface area contributed by atoms with E-state index in [1.807, 2.05) is 29.0 Å². The lowest BCUT2D eigenvalue weighted by Gasteiger charge is -2.12. The molecule has 0 aliphatic heterocycles. The second-order valence-electron chi connectivity index (χ2n) is 6.17. The van der Waals surface area contributed by atoms with Crippen LogP contribution in [0.1, 0.15) is 15.9 Å². The maximum Gasteiger partial charge on any atom is 0.272 e. The van der Waals surface area contributed by atoms with E-state index in [0.717, 1.165) is 10.5 Å². The lowest BCUT2D eigenvalue weighted by atomic mass is 10.2. The van der Waals surface area contributed by atoms with Gasteiger partial charge in [0.1, 0.15) is 5.70 Å². The van der Waals surface area contributed by atoms with Gasteiger partial charge in [-0.3, -0.25) is 14.4 Å². The predicted molar refractivity (Wildman–Crippen MR) is 121 cm³/mol. The molecule has 3 amide bonds. The Hall–Kier alpha value is -3.36. The molecule has 1 aromatic heterocycles. The van der Waals surface area contributed by atoms with Crippen molar-refractivity contribution in [2.45, 2.75) is 4.90 Å². The van der Waals surface area contributed by atoms with Crippen LogP contribution in [0.15, 0.2) is 82.0 Å². The van der Waals surface area contributed by atoms with Crippen LogP contribution in [0.5, 0.6) is 0 Å². The van der Waals surface area contributed by atoms with Crippen molar-refractivity contribution in [2.24, 2.45) is 5.73 Å². The molecule has 0 atom stereocenters. The zero-order chi connectivity index (χ0) is 21.3. The summed E-state index contributed by atoms with van der Waals surface area (Å²) in [6.07, 6.45) is 1.62. The van der Waals surface area contributed by atoms with Gasteiger partial charge in [-0.15, -0.1) is 11.8 Å². The highest BCUT2D eigenvalue weighted by molar-refractivity contribution is 8.00. The summed E-state index contributed by atoms with van der Waals surface area (Å²) in [5.41, 5.74) is 7.11. The van der Waals surface area contributed by atoms with Gasteiger partial charge in [0.2, 0.25) is 5.91 Å². The Labute approximate surface area is 182 Å². The van der Waals surface area contributed by atoms with Gasteiger partial charge < -0.3 is 16.4 Å². The Kier molecular flexibility index (Phi) is 7.42. The second kappa shape index (κ2) is 10.4. The number of primary amides is 1. The summed E-state index contributed by atoms with van der Waals surface area (Å²) in [5.74, 6) is -1.10. The summed E-state index contributed by atoms with van der Waals surface area (Å²) in [6.45, 7) is 0. The number of nitrogens with two attached hydrogens (primary N) is 1. The first kappa shape index (κ1) is 21.4. The quantitative estimate of drug-likeness (QED) is 0.369. The van der Waals surface area contributed by atoms with Gasteiger partial charge in [-0.25, -0.2) is 0 Å². The van der Waals surface area contributed by atoms with E-state index in [4.69, 9.17) is 5.73 Å². The average Bonchev–Trinajstić information content (AvgIpc) is 3.26. The number of carbonyl (C=O) groups is 3. The molecule has 4 N–H and O–H groups in total. The van der Waals surface area contributed by atoms with Crippen molar-refractivity contribution in [1.82, 2.24) is 5.32 Å². The highest BCUT2D eigenvalue weighted by Gasteiger charge is 2.15. The van der Waals surface area contributed by atoms with E-state index in [9.17, 15) is 14.4 Å². The number of rotatable bonds is 8. The Balaban J connectivity index is 1.78. The fourth-order valence-electron chi connectivity index (χ4n) is 2.48. The van der Waals surface area contributed by atoms with Crippen LogP contribution in [-0.2, 0) is 9.59 Å². The van der Waals surface area contributed by atoms with E-state index < -0.39 is 11.8 Å². The third kappa shape index (κ3) is 6.33. The highest BCUT2D eigenvalue weighted by Crippen LogP contribution is 2.22. The van der Waals surface area contributed by atoms with Gasteiger partial charge in [-0.2, -0.15) is 11.3 Å². The van der Waals surface area contributed by atoms with Crippen LogP contribution < -0.4 is 16.4 Å². The van der Waals surface area contributed by atoms with Gasteiger partial charge >= 0.3 is 0 Å². The molecule has 8 heteroatoms. The largest absolute Gasteiger partial charge is 0.369 e. The van der Waals surface area contributed by atoms with Crippen molar-refractivity contribution in [3.05, 3.63) is 88.2 Å². The lowest BCUT2D eigenvalue weighted by molar-refractivity contribution is -0.115. The molecule has 3 rings (SSSR count). The molecule has 1 heterocycles. The third-order valence-corrected chi connectivity index (χ3v) is 5.57. The minimum absolute atomic E-state index is 0.123. The van der Waals surface area contributed by atoms with Crippen molar-refractivity contribution in [3.8, 4) is 0 Å². The van der Waals surface area contributed by atoms with Gasteiger partial charge in [0, 0.05) is 16.1 Å². The topological polar surface area (TPSA) is 101 Å². The number of hydrogen-bond donors (Lipinski definition) is 3. The van der Waals surface area contributed by atoms with Crippen molar-refractivity contribution in [1.29, 1.82) is 0 Å². The third-order valence-electron chi connectivity index (χ3n) is 3.86. The summed E-state index contributed by atoms with van der Waals surface area (Å²) in [5, 5.41) is 9.25. The van der Waals surface area contributed by atoms with E-state index >= 15 is 0 Å². The smallest absolute Gasteiger partial charge is 0.272 e. The SMILES string of the molecule is NC(=O)CSc1cccc(NC(=O)/C(=C\c2ccsc2)NC(=O)c2ccccc2)c1. The fraction of sp³-hybridized carbons (Fsp3) is 0.0455. The molecule has 0 aliphatic carbocycles. The highest BCUT2D eigenvalue weighted by atomic mass is 32.2. The van der Waals surface area contributed by atoms with E-state index in [0.29, 0.717) is 11.3 Å². The van der Waals surface area contributed by atoms with Crippen LogP contribution in [0, 0.1) is 0 Å². The monoisotopic (exact) mass is 437 g/mol. The normalized spacial score (nSPS) is 11.0. The predicted octanol–water partition coefficient (Wildman–Crippen LogP) is 3.74. The second-order valence-corrected chi connectivity index (χ2v) is 8.00. The number of hydrogen-bond acceptors (Lipinski definition) is 5. The van der Waals surface area contributed by atoms with Gasteiger partial charge in [0.05, 0.1) is 5.75 Å². The zero-order valence-corrected chi connectivity index (χ0v) is 17.5. The summed E-state index contributed by atoms with van der Waals surface area (Å²) >= 11 is 2.77. The van der Waals surface area contributed by atoms with Gasteiger partial charge in [-0.1, -0.05) is 24.3 Å². The minimum Gasteiger partial charge on any atom is -0.369 e. The first-order chi connectivity index (χ1) is 14.5. The Bertz CT molecular complexity index is 1060. The van der Waals surface area contributed by atoms with Crippen molar-refractivity contribution < 1.29 is 14.4 Å². The van der Waals surface area contributed by atoms with Gasteiger partial charge in [0.15, 0.2) is 0 Å².